The van der Waals surface area contributed by atoms with Gasteiger partial charge < -0.3 is 9.64 Å². The highest BCUT2D eigenvalue weighted by atomic mass is 16.5. The molecule has 1 aliphatic heterocycles. The lowest BCUT2D eigenvalue weighted by atomic mass is 9.80. The second kappa shape index (κ2) is 9.25. The Hall–Kier alpha value is -2.62. The van der Waals surface area contributed by atoms with Crippen LogP contribution in [0.3, 0.4) is 0 Å². The Morgan fingerprint density at radius 3 is 2.45 bits per heavy atom. The topological polar surface area (TPSA) is 41.9 Å². The Morgan fingerprint density at radius 1 is 1.00 bits per heavy atom. The van der Waals surface area contributed by atoms with E-state index in [0.717, 1.165) is 43.5 Å². The Labute approximate surface area is 173 Å². The monoisotopic (exact) mass is 390 g/mol. The molecule has 2 atom stereocenters. The van der Waals surface area contributed by atoms with E-state index in [1.54, 1.807) is 0 Å². The highest BCUT2D eigenvalue weighted by Gasteiger charge is 2.34. The van der Waals surface area contributed by atoms with Crippen LogP contribution in [-0.4, -0.2) is 42.8 Å². The fourth-order valence-electron chi connectivity index (χ4n) is 4.63. The minimum Gasteiger partial charge on any atom is -0.484 e. The number of hydrogen-bond donors (Lipinski definition) is 0. The van der Waals surface area contributed by atoms with Crippen molar-refractivity contribution >= 4 is 11.6 Å². The molecule has 0 saturated heterocycles. The maximum Gasteiger partial charge on any atom is 0.260 e. The predicted molar refractivity (Wildman–Crippen MR) is 117 cm³/mol. The Kier molecular flexibility index (Phi) is 6.28. The van der Waals surface area contributed by atoms with Crippen molar-refractivity contribution in [2.75, 3.05) is 20.2 Å². The molecule has 1 amide bonds. The minimum atomic E-state index is 0.0487. The molecule has 0 spiro atoms. The number of benzene rings is 2. The summed E-state index contributed by atoms with van der Waals surface area (Å²) in [6.07, 6.45) is 6.92. The van der Waals surface area contributed by atoms with Crippen molar-refractivity contribution in [1.29, 1.82) is 0 Å². The zero-order valence-corrected chi connectivity index (χ0v) is 17.2. The first-order valence-electron chi connectivity index (χ1n) is 10.8. The van der Waals surface area contributed by atoms with Gasteiger partial charge in [0.1, 0.15) is 5.75 Å². The summed E-state index contributed by atoms with van der Waals surface area (Å²) in [7, 11) is 1.93. The van der Waals surface area contributed by atoms with Gasteiger partial charge in [0, 0.05) is 31.3 Å². The third-order valence-corrected chi connectivity index (χ3v) is 6.28. The Balaban J connectivity index is 1.35. The molecule has 4 nitrogen and oxygen atoms in total. The molecule has 0 bridgehead atoms. The van der Waals surface area contributed by atoms with Crippen molar-refractivity contribution in [2.24, 2.45) is 10.9 Å². The number of hydrogen-bond acceptors (Lipinski definition) is 3. The lowest BCUT2D eigenvalue weighted by Gasteiger charge is -2.38. The van der Waals surface area contributed by atoms with Crippen LogP contribution in [0, 0.1) is 5.92 Å². The van der Waals surface area contributed by atoms with Gasteiger partial charge in [-0.3, -0.25) is 9.79 Å². The molecule has 1 saturated carbocycles. The van der Waals surface area contributed by atoms with E-state index in [1.807, 2.05) is 54.4 Å². The molecule has 2 aliphatic rings. The van der Waals surface area contributed by atoms with Crippen molar-refractivity contribution < 1.29 is 9.53 Å². The normalized spacial score (nSPS) is 21.5. The van der Waals surface area contributed by atoms with Gasteiger partial charge in [-0.1, -0.05) is 55.3 Å². The van der Waals surface area contributed by atoms with E-state index >= 15 is 0 Å². The number of aliphatic imine (C=N–C) groups is 1. The van der Waals surface area contributed by atoms with E-state index in [-0.39, 0.29) is 18.6 Å². The van der Waals surface area contributed by atoms with Gasteiger partial charge in [0.15, 0.2) is 6.61 Å². The van der Waals surface area contributed by atoms with Gasteiger partial charge >= 0.3 is 0 Å². The second-order valence-corrected chi connectivity index (χ2v) is 8.12. The molecule has 152 valence electrons. The lowest BCUT2D eigenvalue weighted by Crippen LogP contribution is -2.47. The van der Waals surface area contributed by atoms with Crippen LogP contribution in [0.2, 0.25) is 0 Å². The van der Waals surface area contributed by atoms with Crippen LogP contribution in [0.4, 0.5) is 0 Å². The standard InChI is InChI=1S/C25H30N2O2/c1-27(24-12-6-5-10-22(24)23-11-7-17-26-23)25(28)18-29-21-15-13-20(14-16-21)19-8-3-2-4-9-19/h2-4,8-9,13-16,22,24H,5-7,10-12,17-18H2,1H3. The molecule has 4 heteroatoms. The fourth-order valence-corrected chi connectivity index (χ4v) is 4.63. The number of amides is 1. The van der Waals surface area contributed by atoms with Crippen LogP contribution in [0.1, 0.15) is 38.5 Å². The maximum atomic E-state index is 12.8. The summed E-state index contributed by atoms with van der Waals surface area (Å²) in [6, 6.07) is 18.5. The zero-order chi connectivity index (χ0) is 20.1. The van der Waals surface area contributed by atoms with Gasteiger partial charge in [0.2, 0.25) is 0 Å². The summed E-state index contributed by atoms with van der Waals surface area (Å²) >= 11 is 0. The lowest BCUT2D eigenvalue weighted by molar-refractivity contribution is -0.135. The van der Waals surface area contributed by atoms with Crippen molar-refractivity contribution in [3.05, 3.63) is 54.6 Å². The van der Waals surface area contributed by atoms with Crippen LogP contribution >= 0.6 is 0 Å². The molecule has 4 rings (SSSR count). The van der Waals surface area contributed by atoms with E-state index in [1.165, 1.54) is 24.1 Å². The van der Waals surface area contributed by atoms with E-state index in [0.29, 0.717) is 5.92 Å². The Morgan fingerprint density at radius 2 is 1.72 bits per heavy atom. The van der Waals surface area contributed by atoms with E-state index < -0.39 is 0 Å². The number of nitrogens with zero attached hydrogens (tertiary/aromatic N) is 2. The van der Waals surface area contributed by atoms with Crippen molar-refractivity contribution in [3.8, 4) is 16.9 Å². The first kappa shape index (κ1) is 19.7. The minimum absolute atomic E-state index is 0.0487. The first-order chi connectivity index (χ1) is 14.2. The molecule has 0 aromatic heterocycles. The number of ether oxygens (including phenoxy) is 1. The average molecular weight is 391 g/mol. The van der Waals surface area contributed by atoms with Gasteiger partial charge in [-0.15, -0.1) is 0 Å². The molecule has 2 unspecified atom stereocenters. The van der Waals surface area contributed by atoms with Crippen LogP contribution in [-0.2, 0) is 4.79 Å². The van der Waals surface area contributed by atoms with Crippen LogP contribution < -0.4 is 4.74 Å². The van der Waals surface area contributed by atoms with Gasteiger partial charge in [0.05, 0.1) is 0 Å². The molecule has 29 heavy (non-hydrogen) atoms. The predicted octanol–water partition coefficient (Wildman–Crippen LogP) is 4.98. The smallest absolute Gasteiger partial charge is 0.260 e. The molecular weight excluding hydrogens is 360 g/mol. The number of carbonyl (C=O) groups excluding carboxylic acids is 1. The largest absolute Gasteiger partial charge is 0.484 e. The molecule has 0 radical (unpaired) electrons. The summed E-state index contributed by atoms with van der Waals surface area (Å²) in [5.41, 5.74) is 3.66. The quantitative estimate of drug-likeness (QED) is 0.698. The number of carbonyl (C=O) groups is 1. The van der Waals surface area contributed by atoms with Gasteiger partial charge in [0.25, 0.3) is 5.91 Å². The highest BCUT2D eigenvalue weighted by Crippen LogP contribution is 2.32. The van der Waals surface area contributed by atoms with Gasteiger partial charge in [-0.05, 0) is 48.9 Å². The zero-order valence-electron chi connectivity index (χ0n) is 17.2. The van der Waals surface area contributed by atoms with Crippen molar-refractivity contribution in [2.45, 2.75) is 44.6 Å². The fraction of sp³-hybridized carbons (Fsp3) is 0.440. The summed E-state index contributed by atoms with van der Waals surface area (Å²) in [5.74, 6) is 1.21. The van der Waals surface area contributed by atoms with E-state index in [9.17, 15) is 4.79 Å². The molecule has 1 aliphatic carbocycles. The van der Waals surface area contributed by atoms with Crippen molar-refractivity contribution in [1.82, 2.24) is 4.90 Å². The molecular formula is C25H30N2O2. The second-order valence-electron chi connectivity index (χ2n) is 8.12. The molecule has 2 aromatic rings. The molecule has 2 aromatic carbocycles. The molecule has 1 heterocycles. The van der Waals surface area contributed by atoms with Crippen LogP contribution in [0.15, 0.2) is 59.6 Å². The third-order valence-electron chi connectivity index (χ3n) is 6.28. The van der Waals surface area contributed by atoms with Gasteiger partial charge in [-0.2, -0.15) is 0 Å². The number of rotatable bonds is 6. The summed E-state index contributed by atoms with van der Waals surface area (Å²) in [6.45, 7) is 1.04. The summed E-state index contributed by atoms with van der Waals surface area (Å²) < 4.78 is 5.81. The summed E-state index contributed by atoms with van der Waals surface area (Å²) in [5, 5.41) is 0. The van der Waals surface area contributed by atoms with E-state index in [2.05, 4.69) is 12.1 Å². The maximum absolute atomic E-state index is 12.8. The van der Waals surface area contributed by atoms with Gasteiger partial charge in [-0.25, -0.2) is 0 Å². The van der Waals surface area contributed by atoms with Crippen LogP contribution in [0.25, 0.3) is 11.1 Å². The Bertz CT molecular complexity index is 845. The number of likely N-dealkylation sites (N-methyl/N-ethyl adjacent to an activating group) is 1. The summed E-state index contributed by atoms with van der Waals surface area (Å²) in [4.78, 5) is 19.5. The average Bonchev–Trinajstić information content (AvgIpc) is 3.33. The highest BCUT2D eigenvalue weighted by molar-refractivity contribution is 5.89. The molecule has 0 N–H and O–H groups in total. The van der Waals surface area contributed by atoms with Crippen molar-refractivity contribution in [3.63, 3.8) is 0 Å². The first-order valence-corrected chi connectivity index (χ1v) is 10.8. The third kappa shape index (κ3) is 4.69. The van der Waals surface area contributed by atoms with E-state index in [4.69, 9.17) is 9.73 Å². The molecule has 1 fully saturated rings. The van der Waals surface area contributed by atoms with Crippen LogP contribution in [0.5, 0.6) is 5.75 Å². The SMILES string of the molecule is CN(C(=O)COc1ccc(-c2ccccc2)cc1)C1CCCCC1C1=NCCC1.